The smallest absolute Gasteiger partial charge is 0.251 e. The number of nitrogens with zero attached hydrogens (tertiary/aromatic N) is 3. The number of imidazole rings is 1. The number of fused-ring (bicyclic) bond motifs is 1. The molecule has 0 unspecified atom stereocenters. The summed E-state index contributed by atoms with van der Waals surface area (Å²) in [5.41, 5.74) is 4.13. The Kier molecular flexibility index (Phi) is 5.63. The Morgan fingerprint density at radius 1 is 1.03 bits per heavy atom. The summed E-state index contributed by atoms with van der Waals surface area (Å²) < 4.78 is 7.02. The summed E-state index contributed by atoms with van der Waals surface area (Å²) in [5, 5.41) is 2.90. The number of hydrogen-bond donors (Lipinski definition) is 1. The van der Waals surface area contributed by atoms with Crippen molar-refractivity contribution in [3.63, 3.8) is 0 Å². The molecule has 0 aliphatic rings. The summed E-state index contributed by atoms with van der Waals surface area (Å²) in [5.74, 6) is 0.723. The number of nitrogens with one attached hydrogen (secondary N) is 1. The van der Waals surface area contributed by atoms with Crippen molar-refractivity contribution in [3.8, 4) is 17.1 Å². The minimum absolute atomic E-state index is 0.0930. The molecule has 0 spiro atoms. The molecule has 0 saturated carbocycles. The highest BCUT2D eigenvalue weighted by molar-refractivity contribution is 5.94. The lowest BCUT2D eigenvalue weighted by atomic mass is 10.1. The van der Waals surface area contributed by atoms with E-state index in [0.29, 0.717) is 18.7 Å². The van der Waals surface area contributed by atoms with Gasteiger partial charge in [0.15, 0.2) is 5.65 Å². The lowest BCUT2D eigenvalue weighted by molar-refractivity contribution is 0.0948. The summed E-state index contributed by atoms with van der Waals surface area (Å²) in [7, 11) is 1.65. The fraction of sp³-hybridized carbons (Fsp3) is 0.174. The zero-order valence-corrected chi connectivity index (χ0v) is 16.2. The molecule has 6 nitrogen and oxygen atoms in total. The first-order chi connectivity index (χ1) is 14.3. The monoisotopic (exact) mass is 386 g/mol. The maximum absolute atomic E-state index is 12.3. The predicted molar refractivity (Wildman–Crippen MR) is 113 cm³/mol. The SMILES string of the molecule is COCCCNC(=O)c1ccc(-n2c(-c3ccccc3)nc3cccnc32)cc1. The number of carbonyl (C=O) groups is 1. The highest BCUT2D eigenvalue weighted by Crippen LogP contribution is 2.27. The van der Waals surface area contributed by atoms with Crippen LogP contribution in [0.25, 0.3) is 28.2 Å². The molecule has 29 heavy (non-hydrogen) atoms. The van der Waals surface area contributed by atoms with E-state index < -0.39 is 0 Å². The van der Waals surface area contributed by atoms with Crippen molar-refractivity contribution >= 4 is 17.1 Å². The molecule has 0 saturated heterocycles. The lowest BCUT2D eigenvalue weighted by Crippen LogP contribution is -2.25. The number of hydrogen-bond acceptors (Lipinski definition) is 4. The van der Waals surface area contributed by atoms with E-state index in [2.05, 4.69) is 10.3 Å². The van der Waals surface area contributed by atoms with Gasteiger partial charge in [-0.1, -0.05) is 30.3 Å². The zero-order valence-electron chi connectivity index (χ0n) is 16.2. The van der Waals surface area contributed by atoms with Gasteiger partial charge < -0.3 is 10.1 Å². The van der Waals surface area contributed by atoms with Crippen LogP contribution in [0.1, 0.15) is 16.8 Å². The van der Waals surface area contributed by atoms with Crippen LogP contribution in [0.15, 0.2) is 72.9 Å². The Labute approximate surface area is 169 Å². The van der Waals surface area contributed by atoms with Crippen molar-refractivity contribution in [2.45, 2.75) is 6.42 Å². The van der Waals surface area contributed by atoms with Crippen LogP contribution in [0.3, 0.4) is 0 Å². The molecule has 6 heteroatoms. The minimum atomic E-state index is -0.0930. The molecule has 0 atom stereocenters. The maximum Gasteiger partial charge on any atom is 0.251 e. The molecule has 0 radical (unpaired) electrons. The average Bonchev–Trinajstić information content (AvgIpc) is 3.17. The highest BCUT2D eigenvalue weighted by atomic mass is 16.5. The molecular formula is C23H22N4O2. The first-order valence-electron chi connectivity index (χ1n) is 9.54. The quantitative estimate of drug-likeness (QED) is 0.490. The third-order valence-electron chi connectivity index (χ3n) is 4.65. The standard InChI is InChI=1S/C23H22N4O2/c1-29-16-6-15-25-23(28)18-10-12-19(13-11-18)27-21(17-7-3-2-4-8-17)26-20-9-5-14-24-22(20)27/h2-5,7-14H,6,15-16H2,1H3,(H,25,28). The Morgan fingerprint density at radius 2 is 1.83 bits per heavy atom. The van der Waals surface area contributed by atoms with Crippen LogP contribution in [-0.4, -0.2) is 40.7 Å². The molecule has 2 heterocycles. The van der Waals surface area contributed by atoms with E-state index in [4.69, 9.17) is 9.72 Å². The van der Waals surface area contributed by atoms with E-state index in [1.165, 1.54) is 0 Å². The van der Waals surface area contributed by atoms with Gasteiger partial charge >= 0.3 is 0 Å². The van der Waals surface area contributed by atoms with Crippen LogP contribution in [0.5, 0.6) is 0 Å². The molecule has 2 aromatic carbocycles. The number of ether oxygens (including phenoxy) is 1. The molecule has 0 fully saturated rings. The van der Waals surface area contributed by atoms with Crippen LogP contribution in [-0.2, 0) is 4.74 Å². The van der Waals surface area contributed by atoms with Gasteiger partial charge in [-0.05, 0) is 42.8 Å². The van der Waals surface area contributed by atoms with Crippen LogP contribution in [0.4, 0.5) is 0 Å². The van der Waals surface area contributed by atoms with Gasteiger partial charge in [0.2, 0.25) is 0 Å². The Bertz CT molecular complexity index is 1100. The second-order valence-corrected chi connectivity index (χ2v) is 6.63. The number of carbonyl (C=O) groups excluding carboxylic acids is 1. The zero-order chi connectivity index (χ0) is 20.1. The number of methoxy groups -OCH3 is 1. The summed E-state index contributed by atoms with van der Waals surface area (Å²) in [4.78, 5) is 21.6. The summed E-state index contributed by atoms with van der Waals surface area (Å²) >= 11 is 0. The normalized spacial score (nSPS) is 10.9. The molecule has 4 aromatic rings. The van der Waals surface area contributed by atoms with Gasteiger partial charge in [0.1, 0.15) is 11.3 Å². The van der Waals surface area contributed by atoms with Crippen molar-refractivity contribution < 1.29 is 9.53 Å². The van der Waals surface area contributed by atoms with Crippen LogP contribution in [0.2, 0.25) is 0 Å². The third-order valence-corrected chi connectivity index (χ3v) is 4.65. The Balaban J connectivity index is 1.67. The Morgan fingerprint density at radius 3 is 2.59 bits per heavy atom. The molecular weight excluding hydrogens is 364 g/mol. The van der Waals surface area contributed by atoms with Gasteiger partial charge in [-0.3, -0.25) is 9.36 Å². The van der Waals surface area contributed by atoms with E-state index >= 15 is 0 Å². The lowest BCUT2D eigenvalue weighted by Gasteiger charge is -2.10. The van der Waals surface area contributed by atoms with Crippen molar-refractivity contribution in [3.05, 3.63) is 78.5 Å². The van der Waals surface area contributed by atoms with Crippen LogP contribution < -0.4 is 5.32 Å². The van der Waals surface area contributed by atoms with Crippen molar-refractivity contribution in [2.75, 3.05) is 20.3 Å². The molecule has 146 valence electrons. The summed E-state index contributed by atoms with van der Waals surface area (Å²) in [6.07, 6.45) is 2.55. The number of aromatic nitrogens is 3. The van der Waals surface area contributed by atoms with Crippen molar-refractivity contribution in [1.82, 2.24) is 19.9 Å². The molecule has 0 bridgehead atoms. The highest BCUT2D eigenvalue weighted by Gasteiger charge is 2.15. The molecule has 4 rings (SSSR count). The van der Waals surface area contributed by atoms with Gasteiger partial charge in [-0.2, -0.15) is 0 Å². The minimum Gasteiger partial charge on any atom is -0.385 e. The second-order valence-electron chi connectivity index (χ2n) is 6.63. The average molecular weight is 386 g/mol. The van der Waals surface area contributed by atoms with Crippen molar-refractivity contribution in [2.24, 2.45) is 0 Å². The van der Waals surface area contributed by atoms with E-state index in [1.807, 2.05) is 71.3 Å². The van der Waals surface area contributed by atoms with Gasteiger partial charge in [0, 0.05) is 43.3 Å². The fourth-order valence-electron chi connectivity index (χ4n) is 3.22. The van der Waals surface area contributed by atoms with Crippen molar-refractivity contribution in [1.29, 1.82) is 0 Å². The third kappa shape index (κ3) is 4.02. The number of pyridine rings is 1. The molecule has 1 N–H and O–H groups in total. The van der Waals surface area contributed by atoms with Gasteiger partial charge in [0.25, 0.3) is 5.91 Å². The topological polar surface area (TPSA) is 69.0 Å². The first-order valence-corrected chi connectivity index (χ1v) is 9.54. The van der Waals surface area contributed by atoms with E-state index in [-0.39, 0.29) is 5.91 Å². The molecule has 1 amide bonds. The second kappa shape index (κ2) is 8.67. The van der Waals surface area contributed by atoms with Crippen LogP contribution in [0, 0.1) is 0 Å². The summed E-state index contributed by atoms with van der Waals surface area (Å²) in [6.45, 7) is 1.21. The fourth-order valence-corrected chi connectivity index (χ4v) is 3.22. The Hall–Kier alpha value is -3.51. The maximum atomic E-state index is 12.3. The van der Waals surface area contributed by atoms with Gasteiger partial charge in [0.05, 0.1) is 0 Å². The largest absolute Gasteiger partial charge is 0.385 e. The number of benzene rings is 2. The van der Waals surface area contributed by atoms with Crippen LogP contribution >= 0.6 is 0 Å². The predicted octanol–water partition coefficient (Wildman–Crippen LogP) is 3.85. The molecule has 2 aromatic heterocycles. The molecule has 0 aliphatic heterocycles. The van der Waals surface area contributed by atoms with E-state index in [1.54, 1.807) is 13.3 Å². The molecule has 0 aliphatic carbocycles. The van der Waals surface area contributed by atoms with Gasteiger partial charge in [-0.25, -0.2) is 9.97 Å². The van der Waals surface area contributed by atoms with Gasteiger partial charge in [-0.15, -0.1) is 0 Å². The summed E-state index contributed by atoms with van der Waals surface area (Å²) in [6, 6.07) is 21.3. The number of amides is 1. The first kappa shape index (κ1) is 18.8. The van der Waals surface area contributed by atoms with E-state index in [9.17, 15) is 4.79 Å². The number of rotatable bonds is 7. The van der Waals surface area contributed by atoms with E-state index in [0.717, 1.165) is 34.7 Å².